The molecule has 0 saturated heterocycles. The summed E-state index contributed by atoms with van der Waals surface area (Å²) in [5.74, 6) is -1.97. The molecular formula is C10H17NO7S. The second-order valence-corrected chi connectivity index (χ2v) is 5.46. The lowest BCUT2D eigenvalue weighted by atomic mass is 10.2. The van der Waals surface area contributed by atoms with Gasteiger partial charge in [-0.05, 0) is 19.9 Å². The Balaban J connectivity index is 4.23. The van der Waals surface area contributed by atoms with Crippen molar-refractivity contribution in [1.82, 2.24) is 5.32 Å². The van der Waals surface area contributed by atoms with E-state index in [0.29, 0.717) is 0 Å². The number of carboxylic acids is 1. The van der Waals surface area contributed by atoms with E-state index in [2.05, 4.69) is 11.9 Å². The molecule has 0 bridgehead atoms. The third-order valence-electron chi connectivity index (χ3n) is 2.18. The molecule has 0 aliphatic rings. The monoisotopic (exact) mass is 295 g/mol. The molecule has 0 aliphatic carbocycles. The average Bonchev–Trinajstić information content (AvgIpc) is 2.25. The molecule has 0 rings (SSSR count). The first kappa shape index (κ1) is 17.6. The van der Waals surface area contributed by atoms with Gasteiger partial charge in [-0.2, -0.15) is 8.42 Å². The molecule has 0 fully saturated rings. The highest BCUT2D eigenvalue weighted by Crippen LogP contribution is 2.08. The van der Waals surface area contributed by atoms with Crippen LogP contribution >= 0.6 is 0 Å². The average molecular weight is 295 g/mol. The fourth-order valence-corrected chi connectivity index (χ4v) is 2.03. The predicted octanol–water partition coefficient (Wildman–Crippen LogP) is -0.228. The summed E-state index contributed by atoms with van der Waals surface area (Å²) in [5.41, 5.74) is 0. The van der Waals surface area contributed by atoms with Crippen LogP contribution in [0.3, 0.4) is 0 Å². The van der Waals surface area contributed by atoms with Crippen molar-refractivity contribution in [2.24, 2.45) is 0 Å². The van der Waals surface area contributed by atoms with Crippen molar-refractivity contribution in [2.75, 3.05) is 6.54 Å². The standard InChI is InChI=1S/C10H17NO7S/c1-3-10(14)18-7(2)11-5-4-8(6-9(12)13)19(15,16)17/h3,7-8,11H,1,4-6H2,2H3,(H,12,13)(H,15,16,17). The number of esters is 1. The van der Waals surface area contributed by atoms with Gasteiger partial charge < -0.3 is 9.84 Å². The highest BCUT2D eigenvalue weighted by molar-refractivity contribution is 7.86. The van der Waals surface area contributed by atoms with Crippen molar-refractivity contribution in [3.05, 3.63) is 12.7 Å². The van der Waals surface area contributed by atoms with Gasteiger partial charge in [0, 0.05) is 6.08 Å². The largest absolute Gasteiger partial charge is 0.481 e. The maximum absolute atomic E-state index is 10.9. The van der Waals surface area contributed by atoms with Gasteiger partial charge in [-0.3, -0.25) is 14.7 Å². The van der Waals surface area contributed by atoms with Gasteiger partial charge in [0.25, 0.3) is 10.1 Å². The number of hydrogen-bond donors (Lipinski definition) is 3. The summed E-state index contributed by atoms with van der Waals surface area (Å²) < 4.78 is 35.5. The van der Waals surface area contributed by atoms with Gasteiger partial charge in [-0.25, -0.2) is 4.79 Å². The fourth-order valence-electron chi connectivity index (χ4n) is 1.26. The first-order chi connectivity index (χ1) is 8.66. The Labute approximate surface area is 111 Å². The van der Waals surface area contributed by atoms with Crippen LogP contribution in [0.1, 0.15) is 19.8 Å². The summed E-state index contributed by atoms with van der Waals surface area (Å²) in [5, 5.41) is 9.79. The van der Waals surface area contributed by atoms with Gasteiger partial charge in [-0.1, -0.05) is 6.58 Å². The van der Waals surface area contributed by atoms with Crippen LogP contribution in [0.15, 0.2) is 12.7 Å². The molecule has 9 heteroatoms. The number of carbonyl (C=O) groups is 2. The quantitative estimate of drug-likeness (QED) is 0.230. The minimum Gasteiger partial charge on any atom is -0.481 e. The van der Waals surface area contributed by atoms with E-state index in [1.807, 2.05) is 0 Å². The number of hydrogen-bond acceptors (Lipinski definition) is 6. The topological polar surface area (TPSA) is 130 Å². The second-order valence-electron chi connectivity index (χ2n) is 3.76. The Morgan fingerprint density at radius 3 is 2.47 bits per heavy atom. The summed E-state index contributed by atoms with van der Waals surface area (Å²) in [6.45, 7) is 4.78. The molecule has 0 radical (unpaired) electrons. The molecule has 2 atom stereocenters. The van der Waals surface area contributed by atoms with E-state index in [1.54, 1.807) is 0 Å². The van der Waals surface area contributed by atoms with Crippen molar-refractivity contribution >= 4 is 22.1 Å². The van der Waals surface area contributed by atoms with Crippen LogP contribution in [-0.2, 0) is 24.4 Å². The van der Waals surface area contributed by atoms with Gasteiger partial charge in [-0.15, -0.1) is 0 Å². The number of carboxylic acid groups (broad SMARTS) is 1. The maximum Gasteiger partial charge on any atom is 0.331 e. The molecule has 0 aromatic heterocycles. The summed E-state index contributed by atoms with van der Waals surface area (Å²) >= 11 is 0. The summed E-state index contributed by atoms with van der Waals surface area (Å²) in [4.78, 5) is 21.3. The Hall–Kier alpha value is -1.45. The van der Waals surface area contributed by atoms with Crippen molar-refractivity contribution < 1.29 is 32.4 Å². The van der Waals surface area contributed by atoms with Gasteiger partial charge in [0.15, 0.2) is 6.23 Å². The zero-order valence-electron chi connectivity index (χ0n) is 10.4. The van der Waals surface area contributed by atoms with Crippen molar-refractivity contribution in [3.63, 3.8) is 0 Å². The number of ether oxygens (including phenoxy) is 1. The summed E-state index contributed by atoms with van der Waals surface area (Å²) in [7, 11) is -4.43. The molecule has 0 heterocycles. The smallest absolute Gasteiger partial charge is 0.331 e. The molecule has 0 saturated carbocycles. The van der Waals surface area contributed by atoms with E-state index in [9.17, 15) is 18.0 Å². The van der Waals surface area contributed by atoms with Crippen molar-refractivity contribution in [3.8, 4) is 0 Å². The highest BCUT2D eigenvalue weighted by Gasteiger charge is 2.25. The minimum absolute atomic E-state index is 0.0589. The number of aliphatic carboxylic acids is 1. The van der Waals surface area contributed by atoms with Crippen LogP contribution in [-0.4, -0.2) is 48.0 Å². The summed E-state index contributed by atoms with van der Waals surface area (Å²) in [6.07, 6.45) is -0.524. The lowest BCUT2D eigenvalue weighted by molar-refractivity contribution is -0.143. The second kappa shape index (κ2) is 7.87. The Bertz CT molecular complexity index is 431. The van der Waals surface area contributed by atoms with Gasteiger partial charge in [0.1, 0.15) is 0 Å². The normalized spacial score (nSPS) is 14.4. The van der Waals surface area contributed by atoms with Crippen molar-refractivity contribution in [1.29, 1.82) is 0 Å². The molecule has 8 nitrogen and oxygen atoms in total. The maximum atomic E-state index is 10.9. The molecule has 0 aliphatic heterocycles. The molecule has 2 unspecified atom stereocenters. The van der Waals surface area contributed by atoms with E-state index in [0.717, 1.165) is 6.08 Å². The highest BCUT2D eigenvalue weighted by atomic mass is 32.2. The predicted molar refractivity (Wildman–Crippen MR) is 66.0 cm³/mol. The van der Waals surface area contributed by atoms with E-state index in [-0.39, 0.29) is 13.0 Å². The zero-order chi connectivity index (χ0) is 15.1. The van der Waals surface area contributed by atoms with Crippen molar-refractivity contribution in [2.45, 2.75) is 31.2 Å². The summed E-state index contributed by atoms with van der Waals surface area (Å²) in [6, 6.07) is 0. The Morgan fingerprint density at radius 1 is 1.47 bits per heavy atom. The van der Waals surface area contributed by atoms with Gasteiger partial charge in [0.05, 0.1) is 11.7 Å². The third kappa shape index (κ3) is 8.30. The van der Waals surface area contributed by atoms with E-state index in [4.69, 9.17) is 14.4 Å². The molecule has 110 valence electrons. The zero-order valence-corrected chi connectivity index (χ0v) is 11.2. The van der Waals surface area contributed by atoms with Gasteiger partial charge in [0.2, 0.25) is 0 Å². The minimum atomic E-state index is -4.43. The molecule has 19 heavy (non-hydrogen) atoms. The Kier molecular flexibility index (Phi) is 7.27. The van der Waals surface area contributed by atoms with E-state index in [1.165, 1.54) is 6.92 Å². The van der Waals surface area contributed by atoms with Crippen LogP contribution in [0.25, 0.3) is 0 Å². The van der Waals surface area contributed by atoms with E-state index < -0.39 is 40.0 Å². The van der Waals surface area contributed by atoms with Crippen LogP contribution in [0.2, 0.25) is 0 Å². The SMILES string of the molecule is C=CC(=O)OC(C)NCCC(CC(=O)O)S(=O)(=O)O. The molecule has 3 N–H and O–H groups in total. The lowest BCUT2D eigenvalue weighted by Crippen LogP contribution is -2.35. The van der Waals surface area contributed by atoms with Crippen LogP contribution in [0.5, 0.6) is 0 Å². The first-order valence-electron chi connectivity index (χ1n) is 5.41. The van der Waals surface area contributed by atoms with Crippen LogP contribution in [0.4, 0.5) is 0 Å². The molecule has 0 spiro atoms. The Morgan fingerprint density at radius 2 is 2.05 bits per heavy atom. The number of nitrogens with one attached hydrogen (secondary N) is 1. The molecule has 0 aromatic rings. The number of carbonyl (C=O) groups excluding carboxylic acids is 1. The van der Waals surface area contributed by atoms with E-state index >= 15 is 0 Å². The van der Waals surface area contributed by atoms with Crippen LogP contribution < -0.4 is 5.32 Å². The molecule has 0 aromatic carbocycles. The lowest BCUT2D eigenvalue weighted by Gasteiger charge is -2.16. The first-order valence-corrected chi connectivity index (χ1v) is 6.91. The van der Waals surface area contributed by atoms with Crippen LogP contribution in [0, 0.1) is 0 Å². The molecule has 0 amide bonds. The molecular weight excluding hydrogens is 278 g/mol. The third-order valence-corrected chi connectivity index (χ3v) is 3.43. The number of rotatable bonds is 9. The fraction of sp³-hybridized carbons (Fsp3) is 0.600. The van der Waals surface area contributed by atoms with Gasteiger partial charge >= 0.3 is 11.9 Å².